The Bertz CT molecular complexity index is 137. The Morgan fingerprint density at radius 2 is 1.46 bits per heavy atom. The van der Waals surface area contributed by atoms with Crippen molar-refractivity contribution in [3.05, 3.63) is 0 Å². The average Bonchev–Trinajstić information content (AvgIpc) is 1.89. The van der Waals surface area contributed by atoms with Gasteiger partial charge in [-0.3, -0.25) is 0 Å². The molecule has 0 spiro atoms. The molecule has 0 bridgehead atoms. The molecule has 0 heterocycles. The third kappa shape index (κ3) is 32.2. The first-order valence-corrected chi connectivity index (χ1v) is 2.61. The number of hydrogen-bond acceptors (Lipinski definition) is 6. The largest absolute Gasteiger partial charge is 1.00 e. The Morgan fingerprint density at radius 1 is 1.31 bits per heavy atom. The summed E-state index contributed by atoms with van der Waals surface area (Å²) in [5.74, 6) is -2.87. The molecule has 6 nitrogen and oxygen atoms in total. The minimum absolute atomic E-state index is 0. The van der Waals surface area contributed by atoms with Crippen molar-refractivity contribution in [2.24, 2.45) is 0 Å². The van der Waals surface area contributed by atoms with Crippen LogP contribution in [-0.4, -0.2) is 34.9 Å². The number of hydrogen-bond donors (Lipinski definition) is 2. The summed E-state index contributed by atoms with van der Waals surface area (Å²) in [6.45, 7) is 0.245. The molecule has 0 aliphatic rings. The van der Waals surface area contributed by atoms with Gasteiger partial charge in [0, 0.05) is 0 Å². The van der Waals surface area contributed by atoms with E-state index in [-0.39, 0.29) is 59.1 Å². The normalized spacial score (nSPS) is 9.15. The molecule has 0 aliphatic heterocycles. The molecular weight excluding hydrogens is 202 g/mol. The van der Waals surface area contributed by atoms with E-state index in [0.717, 1.165) is 6.92 Å². The molecule has 0 aliphatic carbocycles. The standard InChI is InChI=1S/C3H6O3.C2H4O3.2Na/c1-2(4)3(5)6;3-1-2(4)5;;/h2,4H,1H3,(H,5,6);3H,1H2,(H,4,5);;/q;;2*+1/p-2. The summed E-state index contributed by atoms with van der Waals surface area (Å²) < 4.78 is 0. The summed E-state index contributed by atoms with van der Waals surface area (Å²) in [6, 6.07) is 0. The van der Waals surface area contributed by atoms with Crippen molar-refractivity contribution in [2.75, 3.05) is 6.61 Å². The van der Waals surface area contributed by atoms with Crippen molar-refractivity contribution in [3.63, 3.8) is 0 Å². The zero-order valence-electron chi connectivity index (χ0n) is 7.81. The molecular formula is C5H8Na2O6. The van der Waals surface area contributed by atoms with Gasteiger partial charge in [-0.25, -0.2) is 0 Å². The molecule has 0 aromatic carbocycles. The van der Waals surface area contributed by atoms with Crippen LogP contribution in [0.2, 0.25) is 0 Å². The SMILES string of the molecule is CC(O)C(=O)[O-].O=C([O-])CO.[Na+].[Na+]. The van der Waals surface area contributed by atoms with Gasteiger partial charge in [0.15, 0.2) is 0 Å². The molecule has 0 radical (unpaired) electrons. The summed E-state index contributed by atoms with van der Waals surface area (Å²) >= 11 is 0. The fourth-order valence-electron chi connectivity index (χ4n) is 0. The molecule has 1 atom stereocenters. The zero-order valence-corrected chi connectivity index (χ0v) is 11.8. The molecule has 1 unspecified atom stereocenters. The Hall–Kier alpha value is 0.860. The first-order chi connectivity index (χ1) is 4.91. The van der Waals surface area contributed by atoms with E-state index in [2.05, 4.69) is 0 Å². The van der Waals surface area contributed by atoms with Crippen LogP contribution in [0.15, 0.2) is 0 Å². The molecule has 0 rings (SSSR count). The predicted octanol–water partition coefficient (Wildman–Crippen LogP) is -10.1. The van der Waals surface area contributed by atoms with Crippen LogP contribution in [0.25, 0.3) is 0 Å². The molecule has 0 saturated heterocycles. The van der Waals surface area contributed by atoms with E-state index >= 15 is 0 Å². The molecule has 2 N–H and O–H groups in total. The van der Waals surface area contributed by atoms with Crippen LogP contribution < -0.4 is 69.3 Å². The van der Waals surface area contributed by atoms with Crippen LogP contribution in [0.3, 0.4) is 0 Å². The minimum atomic E-state index is -1.44. The van der Waals surface area contributed by atoms with Gasteiger partial charge in [-0.05, 0) is 6.92 Å². The first-order valence-electron chi connectivity index (χ1n) is 2.61. The van der Waals surface area contributed by atoms with Gasteiger partial charge in [0.2, 0.25) is 0 Å². The Kier molecular flexibility index (Phi) is 27.8. The number of aliphatic hydroxyl groups is 2. The fourth-order valence-corrected chi connectivity index (χ4v) is 0. The van der Waals surface area contributed by atoms with Crippen LogP contribution in [-0.2, 0) is 9.59 Å². The number of carboxylic acids is 2. The van der Waals surface area contributed by atoms with Crippen LogP contribution in [0.1, 0.15) is 6.92 Å². The summed E-state index contributed by atoms with van der Waals surface area (Å²) in [4.78, 5) is 18.3. The maximum atomic E-state index is 9.34. The number of rotatable bonds is 2. The smallest absolute Gasteiger partial charge is 0.548 e. The topological polar surface area (TPSA) is 121 Å². The monoisotopic (exact) mass is 210 g/mol. The molecule has 66 valence electrons. The third-order valence-electron chi connectivity index (χ3n) is 0.470. The first kappa shape index (κ1) is 23.6. The van der Waals surface area contributed by atoms with Crippen LogP contribution in [0, 0.1) is 0 Å². The van der Waals surface area contributed by atoms with Crippen molar-refractivity contribution < 1.29 is 89.1 Å². The summed E-state index contributed by atoms with van der Waals surface area (Å²) in [6.07, 6.45) is -1.34. The number of carboxylic acid groups (broad SMARTS) is 2. The van der Waals surface area contributed by atoms with Crippen LogP contribution in [0.4, 0.5) is 0 Å². The van der Waals surface area contributed by atoms with E-state index in [1.807, 2.05) is 0 Å². The Balaban J connectivity index is -0.0000000546. The Labute approximate surface area is 120 Å². The minimum Gasteiger partial charge on any atom is -0.548 e. The molecule has 0 amide bonds. The van der Waals surface area contributed by atoms with Crippen LogP contribution in [0.5, 0.6) is 0 Å². The number of aliphatic hydroxyl groups excluding tert-OH is 2. The van der Waals surface area contributed by atoms with Gasteiger partial charge >= 0.3 is 59.1 Å². The van der Waals surface area contributed by atoms with E-state index in [9.17, 15) is 9.90 Å². The fraction of sp³-hybridized carbons (Fsp3) is 0.600. The van der Waals surface area contributed by atoms with Gasteiger partial charge in [0.1, 0.15) is 0 Å². The summed E-state index contributed by atoms with van der Waals surface area (Å²) in [7, 11) is 0. The van der Waals surface area contributed by atoms with E-state index in [1.54, 1.807) is 0 Å². The van der Waals surface area contributed by atoms with Gasteiger partial charge in [0.25, 0.3) is 0 Å². The molecule has 0 fully saturated rings. The molecule has 0 aromatic rings. The van der Waals surface area contributed by atoms with Crippen molar-refractivity contribution >= 4 is 11.9 Å². The van der Waals surface area contributed by atoms with Gasteiger partial charge < -0.3 is 30.0 Å². The molecule has 8 heteroatoms. The van der Waals surface area contributed by atoms with Gasteiger partial charge in [-0.15, -0.1) is 0 Å². The van der Waals surface area contributed by atoms with E-state index in [1.165, 1.54) is 0 Å². The number of aliphatic carboxylic acids is 2. The quantitative estimate of drug-likeness (QED) is 0.436. The van der Waals surface area contributed by atoms with Crippen molar-refractivity contribution in [1.29, 1.82) is 0 Å². The van der Waals surface area contributed by atoms with Crippen molar-refractivity contribution in [2.45, 2.75) is 13.0 Å². The third-order valence-corrected chi connectivity index (χ3v) is 0.470. The Morgan fingerprint density at radius 3 is 1.46 bits per heavy atom. The summed E-state index contributed by atoms with van der Waals surface area (Å²) in [5.41, 5.74) is 0. The number of carbonyl (C=O) groups is 2. The zero-order chi connectivity index (χ0) is 9.44. The van der Waals surface area contributed by atoms with Crippen LogP contribution >= 0.6 is 0 Å². The van der Waals surface area contributed by atoms with Gasteiger partial charge in [-0.1, -0.05) is 0 Å². The maximum absolute atomic E-state index is 9.34. The molecule has 0 aromatic heterocycles. The predicted molar refractivity (Wildman–Crippen MR) is 28.8 cm³/mol. The molecule has 0 saturated carbocycles. The van der Waals surface area contributed by atoms with E-state index < -0.39 is 24.6 Å². The second kappa shape index (κ2) is 15.3. The number of carbonyl (C=O) groups excluding carboxylic acids is 2. The van der Waals surface area contributed by atoms with Crippen molar-refractivity contribution in [1.82, 2.24) is 0 Å². The van der Waals surface area contributed by atoms with Gasteiger partial charge in [-0.2, -0.15) is 0 Å². The molecule has 13 heavy (non-hydrogen) atoms. The summed E-state index contributed by atoms with van der Waals surface area (Å²) in [5, 5.41) is 33.8. The second-order valence-corrected chi connectivity index (χ2v) is 1.53. The second-order valence-electron chi connectivity index (χ2n) is 1.53. The average molecular weight is 210 g/mol. The van der Waals surface area contributed by atoms with Crippen molar-refractivity contribution in [3.8, 4) is 0 Å². The van der Waals surface area contributed by atoms with Gasteiger partial charge in [0.05, 0.1) is 24.6 Å². The maximum Gasteiger partial charge on any atom is 1.00 e. The van der Waals surface area contributed by atoms with E-state index in [4.69, 9.17) is 20.1 Å². The van der Waals surface area contributed by atoms with E-state index in [0.29, 0.717) is 0 Å².